The third-order valence-corrected chi connectivity index (χ3v) is 5.62. The number of nitrogens with two attached hydrogens (primary N) is 1. The second-order valence-corrected chi connectivity index (χ2v) is 7.75. The molecule has 0 saturated carbocycles. The van der Waals surface area contributed by atoms with E-state index in [1.54, 1.807) is 0 Å². The summed E-state index contributed by atoms with van der Waals surface area (Å²) in [5.74, 6) is 0.225. The van der Waals surface area contributed by atoms with E-state index >= 15 is 0 Å². The molecule has 2 aliphatic rings. The maximum absolute atomic E-state index is 13.1. The fourth-order valence-electron chi connectivity index (χ4n) is 3.89. The molecule has 3 rings (SSSR count). The lowest BCUT2D eigenvalue weighted by molar-refractivity contribution is -0.124. The van der Waals surface area contributed by atoms with E-state index in [2.05, 4.69) is 36.9 Å². The summed E-state index contributed by atoms with van der Waals surface area (Å²) in [6.07, 6.45) is 3.08. The van der Waals surface area contributed by atoms with Crippen molar-refractivity contribution in [1.82, 2.24) is 4.90 Å². The zero-order valence-electron chi connectivity index (χ0n) is 15.0. The van der Waals surface area contributed by atoms with Crippen molar-refractivity contribution in [3.05, 3.63) is 29.8 Å². The van der Waals surface area contributed by atoms with Gasteiger partial charge in [0, 0.05) is 31.4 Å². The molecule has 0 aromatic heterocycles. The number of carbonyl (C=O) groups excluding carboxylic acids is 1. The molecule has 1 fully saturated rings. The van der Waals surface area contributed by atoms with Crippen molar-refractivity contribution in [1.29, 1.82) is 0 Å². The molecule has 0 spiro atoms. The normalized spacial score (nSPS) is 24.7. The molecular formula is C19H30ClN3O. The number of fused-ring (bicyclic) bond motifs is 1. The summed E-state index contributed by atoms with van der Waals surface area (Å²) in [5, 5.41) is 0. The average molecular weight is 352 g/mol. The van der Waals surface area contributed by atoms with Crippen molar-refractivity contribution in [2.45, 2.75) is 52.1 Å². The van der Waals surface area contributed by atoms with Gasteiger partial charge in [0.15, 0.2) is 0 Å². The van der Waals surface area contributed by atoms with Gasteiger partial charge in [0.1, 0.15) is 0 Å². The highest BCUT2D eigenvalue weighted by Crippen LogP contribution is 2.31. The standard InChI is InChI=1S/C19H29N3O.ClH/c1-14(21-12-10-17(20)19(2,3)13-21)18(23)22-11-6-8-15-7-4-5-9-16(15)22;/h4-5,7,9,14,17H,6,8,10-13,20H2,1-3H3;1H. The van der Waals surface area contributed by atoms with Gasteiger partial charge in [-0.3, -0.25) is 9.69 Å². The number of amides is 1. The fraction of sp³-hybridized carbons (Fsp3) is 0.632. The zero-order chi connectivity index (χ0) is 16.6. The molecule has 1 aromatic rings. The van der Waals surface area contributed by atoms with Crippen molar-refractivity contribution in [2.75, 3.05) is 24.5 Å². The van der Waals surface area contributed by atoms with Crippen molar-refractivity contribution in [2.24, 2.45) is 11.1 Å². The monoisotopic (exact) mass is 351 g/mol. The smallest absolute Gasteiger partial charge is 0.244 e. The van der Waals surface area contributed by atoms with Gasteiger partial charge in [0.2, 0.25) is 5.91 Å². The summed E-state index contributed by atoms with van der Waals surface area (Å²) in [7, 11) is 0. The van der Waals surface area contributed by atoms with E-state index in [1.807, 2.05) is 17.9 Å². The molecule has 2 unspecified atom stereocenters. The summed E-state index contributed by atoms with van der Waals surface area (Å²) >= 11 is 0. The minimum Gasteiger partial charge on any atom is -0.327 e. The summed E-state index contributed by atoms with van der Waals surface area (Å²) in [5.41, 5.74) is 8.69. The summed E-state index contributed by atoms with van der Waals surface area (Å²) in [6, 6.07) is 8.44. The zero-order valence-corrected chi connectivity index (χ0v) is 15.8. The largest absolute Gasteiger partial charge is 0.327 e. The Morgan fingerprint density at radius 1 is 1.29 bits per heavy atom. The minimum atomic E-state index is -0.0899. The molecule has 0 radical (unpaired) electrons. The number of hydrogen-bond acceptors (Lipinski definition) is 3. The third-order valence-electron chi connectivity index (χ3n) is 5.62. The van der Waals surface area contributed by atoms with E-state index in [1.165, 1.54) is 5.56 Å². The third kappa shape index (κ3) is 3.61. The van der Waals surface area contributed by atoms with Gasteiger partial charge in [-0.25, -0.2) is 0 Å². The number of carbonyl (C=O) groups is 1. The molecule has 2 atom stereocenters. The molecule has 0 bridgehead atoms. The minimum absolute atomic E-state index is 0. The molecule has 2 aliphatic heterocycles. The number of nitrogens with zero attached hydrogens (tertiary/aromatic N) is 2. The van der Waals surface area contributed by atoms with Gasteiger partial charge in [-0.2, -0.15) is 0 Å². The van der Waals surface area contributed by atoms with Crippen LogP contribution in [0.1, 0.15) is 39.2 Å². The van der Waals surface area contributed by atoms with Gasteiger partial charge in [-0.1, -0.05) is 32.0 Å². The van der Waals surface area contributed by atoms with E-state index < -0.39 is 0 Å². The number of benzene rings is 1. The Morgan fingerprint density at radius 2 is 2.00 bits per heavy atom. The van der Waals surface area contributed by atoms with E-state index in [0.717, 1.165) is 44.6 Å². The number of hydrogen-bond donors (Lipinski definition) is 1. The van der Waals surface area contributed by atoms with Gasteiger partial charge in [-0.15, -0.1) is 12.4 Å². The first kappa shape index (κ1) is 19.2. The lowest BCUT2D eigenvalue weighted by atomic mass is 9.79. The van der Waals surface area contributed by atoms with Gasteiger partial charge in [0.25, 0.3) is 0 Å². The van der Waals surface area contributed by atoms with Crippen molar-refractivity contribution in [3.8, 4) is 0 Å². The number of piperidine rings is 1. The van der Waals surface area contributed by atoms with E-state index in [-0.39, 0.29) is 35.8 Å². The number of para-hydroxylation sites is 1. The SMILES string of the molecule is CC(C(=O)N1CCCc2ccccc21)N1CCC(N)C(C)(C)C1.Cl. The Kier molecular flexibility index (Phi) is 5.95. The summed E-state index contributed by atoms with van der Waals surface area (Å²) in [4.78, 5) is 17.4. The summed E-state index contributed by atoms with van der Waals surface area (Å²) in [6.45, 7) is 9.08. The van der Waals surface area contributed by atoms with Crippen LogP contribution in [0.25, 0.3) is 0 Å². The van der Waals surface area contributed by atoms with Gasteiger partial charge in [-0.05, 0) is 43.2 Å². The molecule has 134 valence electrons. The van der Waals surface area contributed by atoms with Crippen LogP contribution >= 0.6 is 12.4 Å². The number of anilines is 1. The lowest BCUT2D eigenvalue weighted by Gasteiger charge is -2.45. The Hall–Kier alpha value is -1.10. The molecule has 1 amide bonds. The van der Waals surface area contributed by atoms with Crippen molar-refractivity contribution >= 4 is 24.0 Å². The van der Waals surface area contributed by atoms with Crippen LogP contribution < -0.4 is 10.6 Å². The van der Waals surface area contributed by atoms with Crippen molar-refractivity contribution in [3.63, 3.8) is 0 Å². The van der Waals surface area contributed by atoms with E-state index in [9.17, 15) is 4.79 Å². The van der Waals surface area contributed by atoms with Crippen LogP contribution in [0.15, 0.2) is 24.3 Å². The van der Waals surface area contributed by atoms with Crippen LogP contribution in [-0.2, 0) is 11.2 Å². The van der Waals surface area contributed by atoms with Crippen LogP contribution in [0.5, 0.6) is 0 Å². The highest BCUT2D eigenvalue weighted by atomic mass is 35.5. The second-order valence-electron chi connectivity index (χ2n) is 7.75. The first-order chi connectivity index (χ1) is 10.9. The Morgan fingerprint density at radius 3 is 2.71 bits per heavy atom. The fourth-order valence-corrected chi connectivity index (χ4v) is 3.89. The maximum atomic E-state index is 13.1. The molecule has 2 heterocycles. The Balaban J connectivity index is 0.00000208. The Labute approximate surface area is 151 Å². The quantitative estimate of drug-likeness (QED) is 0.891. The molecule has 24 heavy (non-hydrogen) atoms. The second kappa shape index (κ2) is 7.42. The van der Waals surface area contributed by atoms with Crippen LogP contribution in [0.2, 0.25) is 0 Å². The van der Waals surface area contributed by atoms with E-state index in [0.29, 0.717) is 0 Å². The molecule has 1 aromatic carbocycles. The molecule has 0 aliphatic carbocycles. The predicted octanol–water partition coefficient (Wildman–Crippen LogP) is 2.84. The maximum Gasteiger partial charge on any atom is 0.244 e. The molecule has 5 heteroatoms. The van der Waals surface area contributed by atoms with Crippen LogP contribution in [0.4, 0.5) is 5.69 Å². The highest BCUT2D eigenvalue weighted by molar-refractivity contribution is 5.98. The van der Waals surface area contributed by atoms with Crippen LogP contribution in [-0.4, -0.2) is 42.5 Å². The molecular weight excluding hydrogens is 322 g/mol. The molecule has 2 N–H and O–H groups in total. The number of rotatable bonds is 2. The summed E-state index contributed by atoms with van der Waals surface area (Å²) < 4.78 is 0. The van der Waals surface area contributed by atoms with E-state index in [4.69, 9.17) is 5.73 Å². The number of likely N-dealkylation sites (tertiary alicyclic amines) is 1. The molecule has 1 saturated heterocycles. The number of halogens is 1. The lowest BCUT2D eigenvalue weighted by Crippen LogP contribution is -2.58. The topological polar surface area (TPSA) is 49.6 Å². The Bertz CT molecular complexity index is 590. The van der Waals surface area contributed by atoms with Gasteiger partial charge < -0.3 is 10.6 Å². The first-order valence-electron chi connectivity index (χ1n) is 8.79. The van der Waals surface area contributed by atoms with Gasteiger partial charge >= 0.3 is 0 Å². The van der Waals surface area contributed by atoms with Crippen LogP contribution in [0.3, 0.4) is 0 Å². The van der Waals surface area contributed by atoms with Crippen LogP contribution in [0, 0.1) is 5.41 Å². The molecule has 4 nitrogen and oxygen atoms in total. The van der Waals surface area contributed by atoms with Gasteiger partial charge in [0.05, 0.1) is 6.04 Å². The average Bonchev–Trinajstić information content (AvgIpc) is 2.55. The number of aryl methyl sites for hydroxylation is 1. The predicted molar refractivity (Wildman–Crippen MR) is 102 cm³/mol. The van der Waals surface area contributed by atoms with Crippen molar-refractivity contribution < 1.29 is 4.79 Å². The first-order valence-corrected chi connectivity index (χ1v) is 8.79. The highest BCUT2D eigenvalue weighted by Gasteiger charge is 2.38.